The summed E-state index contributed by atoms with van der Waals surface area (Å²) in [6.45, 7) is 0.508. The molecule has 0 aromatic heterocycles. The smallest absolute Gasteiger partial charge is 0.271 e. The number of rotatable bonds is 3. The second-order valence-corrected chi connectivity index (χ2v) is 5.47. The number of primary amides is 1. The van der Waals surface area contributed by atoms with Gasteiger partial charge in [-0.05, 0) is 6.42 Å². The van der Waals surface area contributed by atoms with E-state index in [0.29, 0.717) is 13.0 Å². The van der Waals surface area contributed by atoms with Crippen molar-refractivity contribution in [3.63, 3.8) is 0 Å². The highest BCUT2D eigenvalue weighted by atomic mass is 35.5. The van der Waals surface area contributed by atoms with Crippen LogP contribution in [0.2, 0.25) is 10.0 Å². The van der Waals surface area contributed by atoms with Gasteiger partial charge in [0.25, 0.3) is 11.6 Å². The van der Waals surface area contributed by atoms with E-state index in [9.17, 15) is 19.7 Å². The van der Waals surface area contributed by atoms with Crippen LogP contribution in [0, 0.1) is 16.0 Å². The van der Waals surface area contributed by atoms with E-state index in [4.69, 9.17) is 28.9 Å². The molecule has 2 N–H and O–H groups in total. The molecule has 0 saturated carbocycles. The first-order valence-corrected chi connectivity index (χ1v) is 6.79. The van der Waals surface area contributed by atoms with Crippen molar-refractivity contribution in [2.24, 2.45) is 11.7 Å². The SMILES string of the molecule is NC(=O)C1CCN(C(=O)c2cc([N+](=O)[O-])cc(Cl)c2Cl)C1. The van der Waals surface area contributed by atoms with Crippen molar-refractivity contribution in [1.82, 2.24) is 4.90 Å². The van der Waals surface area contributed by atoms with Gasteiger partial charge in [0.05, 0.1) is 26.4 Å². The fourth-order valence-corrected chi connectivity index (χ4v) is 2.59. The third-order valence-corrected chi connectivity index (χ3v) is 4.13. The Morgan fingerprint density at radius 2 is 2.05 bits per heavy atom. The summed E-state index contributed by atoms with van der Waals surface area (Å²) in [5.74, 6) is -1.40. The van der Waals surface area contributed by atoms with Gasteiger partial charge in [-0.25, -0.2) is 0 Å². The predicted molar refractivity (Wildman–Crippen MR) is 76.3 cm³/mol. The van der Waals surface area contributed by atoms with E-state index in [1.807, 2.05) is 0 Å². The van der Waals surface area contributed by atoms with Crippen molar-refractivity contribution in [2.45, 2.75) is 6.42 Å². The Hall–Kier alpha value is -1.86. The maximum absolute atomic E-state index is 12.4. The van der Waals surface area contributed by atoms with Crippen LogP contribution < -0.4 is 5.73 Å². The number of likely N-dealkylation sites (tertiary alicyclic amines) is 1. The fourth-order valence-electron chi connectivity index (χ4n) is 2.18. The Morgan fingerprint density at radius 1 is 1.38 bits per heavy atom. The molecular weight excluding hydrogens is 321 g/mol. The number of nitro benzene ring substituents is 1. The Morgan fingerprint density at radius 3 is 2.57 bits per heavy atom. The highest BCUT2D eigenvalue weighted by Crippen LogP contribution is 2.32. The number of nitrogens with zero attached hydrogens (tertiary/aromatic N) is 2. The normalized spacial score (nSPS) is 17.8. The molecule has 1 saturated heterocycles. The molecule has 1 aromatic rings. The van der Waals surface area contributed by atoms with E-state index in [2.05, 4.69) is 0 Å². The first-order valence-electron chi connectivity index (χ1n) is 6.03. The highest BCUT2D eigenvalue weighted by molar-refractivity contribution is 6.44. The van der Waals surface area contributed by atoms with Gasteiger partial charge in [0.1, 0.15) is 0 Å². The number of hydrogen-bond donors (Lipinski definition) is 1. The van der Waals surface area contributed by atoms with Gasteiger partial charge in [-0.3, -0.25) is 19.7 Å². The number of carbonyl (C=O) groups is 2. The second kappa shape index (κ2) is 5.87. The van der Waals surface area contributed by atoms with Crippen molar-refractivity contribution < 1.29 is 14.5 Å². The van der Waals surface area contributed by atoms with Crippen molar-refractivity contribution in [1.29, 1.82) is 0 Å². The zero-order valence-corrected chi connectivity index (χ0v) is 12.2. The minimum Gasteiger partial charge on any atom is -0.369 e. The summed E-state index contributed by atoms with van der Waals surface area (Å²) in [5.41, 5.74) is 4.83. The van der Waals surface area contributed by atoms with Crippen LogP contribution in [-0.4, -0.2) is 34.7 Å². The molecule has 0 aliphatic carbocycles. The van der Waals surface area contributed by atoms with Crippen molar-refractivity contribution in [2.75, 3.05) is 13.1 Å². The number of benzene rings is 1. The Bertz CT molecular complexity index is 635. The molecule has 112 valence electrons. The molecule has 0 spiro atoms. The number of nitro groups is 1. The quantitative estimate of drug-likeness (QED) is 0.673. The summed E-state index contributed by atoms with van der Waals surface area (Å²) in [6, 6.07) is 2.16. The molecule has 9 heteroatoms. The van der Waals surface area contributed by atoms with Crippen LogP contribution in [-0.2, 0) is 4.79 Å². The molecule has 2 amide bonds. The van der Waals surface area contributed by atoms with Crippen LogP contribution in [0.5, 0.6) is 0 Å². The number of halogens is 2. The van der Waals surface area contributed by atoms with E-state index in [1.54, 1.807) is 0 Å². The monoisotopic (exact) mass is 331 g/mol. The van der Waals surface area contributed by atoms with Gasteiger partial charge in [0, 0.05) is 25.2 Å². The van der Waals surface area contributed by atoms with E-state index in [0.717, 1.165) is 12.1 Å². The van der Waals surface area contributed by atoms with Gasteiger partial charge in [-0.15, -0.1) is 0 Å². The second-order valence-electron chi connectivity index (χ2n) is 4.69. The number of hydrogen-bond acceptors (Lipinski definition) is 4. The van der Waals surface area contributed by atoms with Crippen LogP contribution >= 0.6 is 23.2 Å². The summed E-state index contributed by atoms with van der Waals surface area (Å²) in [7, 11) is 0. The van der Waals surface area contributed by atoms with Crippen LogP contribution in [0.3, 0.4) is 0 Å². The molecule has 0 bridgehead atoms. The summed E-state index contributed by atoms with van der Waals surface area (Å²) >= 11 is 11.8. The van der Waals surface area contributed by atoms with Gasteiger partial charge in [0.2, 0.25) is 5.91 Å². The zero-order chi connectivity index (χ0) is 15.7. The van der Waals surface area contributed by atoms with Gasteiger partial charge in [-0.1, -0.05) is 23.2 Å². The molecule has 1 aromatic carbocycles. The van der Waals surface area contributed by atoms with E-state index < -0.39 is 22.7 Å². The summed E-state index contributed by atoms with van der Waals surface area (Å²) in [6.07, 6.45) is 0.460. The highest BCUT2D eigenvalue weighted by Gasteiger charge is 2.32. The van der Waals surface area contributed by atoms with Crippen molar-refractivity contribution in [3.05, 3.63) is 37.9 Å². The first kappa shape index (κ1) is 15.5. The largest absolute Gasteiger partial charge is 0.369 e. The Kier molecular flexibility index (Phi) is 4.34. The lowest BCUT2D eigenvalue weighted by Crippen LogP contribution is -2.32. The maximum atomic E-state index is 12.4. The van der Waals surface area contributed by atoms with Crippen LogP contribution in [0.4, 0.5) is 5.69 Å². The molecule has 1 heterocycles. The standard InChI is InChI=1S/C12H11Cl2N3O4/c13-9-4-7(17(20)21)3-8(10(9)14)12(19)16-2-1-6(5-16)11(15)18/h3-4,6H,1-2,5H2,(H2,15,18). The van der Waals surface area contributed by atoms with Gasteiger partial charge < -0.3 is 10.6 Å². The molecule has 1 aliphatic heterocycles. The number of amides is 2. The molecule has 2 rings (SSSR count). The number of non-ortho nitro benzene ring substituents is 1. The van der Waals surface area contributed by atoms with Crippen molar-refractivity contribution >= 4 is 40.7 Å². The Balaban J connectivity index is 2.31. The van der Waals surface area contributed by atoms with E-state index in [1.165, 1.54) is 4.90 Å². The van der Waals surface area contributed by atoms with Crippen LogP contribution in [0.15, 0.2) is 12.1 Å². The average molecular weight is 332 g/mol. The minimum atomic E-state index is -0.658. The molecule has 0 radical (unpaired) electrons. The Labute approximate surface area is 129 Å². The first-order chi connectivity index (χ1) is 9.81. The summed E-state index contributed by atoms with van der Waals surface area (Å²) < 4.78 is 0. The van der Waals surface area contributed by atoms with E-state index in [-0.39, 0.29) is 27.8 Å². The molecule has 1 unspecified atom stereocenters. The van der Waals surface area contributed by atoms with Gasteiger partial charge >= 0.3 is 0 Å². The molecule has 7 nitrogen and oxygen atoms in total. The topological polar surface area (TPSA) is 107 Å². The maximum Gasteiger partial charge on any atom is 0.271 e. The number of carbonyl (C=O) groups excluding carboxylic acids is 2. The lowest BCUT2D eigenvalue weighted by Gasteiger charge is -2.17. The average Bonchev–Trinajstić information content (AvgIpc) is 2.90. The minimum absolute atomic E-state index is 0.0465. The predicted octanol–water partition coefficient (Wildman–Crippen LogP) is 1.85. The molecular formula is C12H11Cl2N3O4. The molecule has 1 atom stereocenters. The summed E-state index contributed by atoms with van der Waals surface area (Å²) in [4.78, 5) is 35.0. The lowest BCUT2D eigenvalue weighted by atomic mass is 10.1. The summed E-state index contributed by atoms with van der Waals surface area (Å²) in [5, 5.41) is 10.7. The van der Waals surface area contributed by atoms with Crippen LogP contribution in [0.25, 0.3) is 0 Å². The zero-order valence-electron chi connectivity index (χ0n) is 10.7. The van der Waals surface area contributed by atoms with Crippen molar-refractivity contribution in [3.8, 4) is 0 Å². The lowest BCUT2D eigenvalue weighted by molar-refractivity contribution is -0.384. The third kappa shape index (κ3) is 3.08. The number of nitrogens with two attached hydrogens (primary N) is 1. The molecule has 1 fully saturated rings. The van der Waals surface area contributed by atoms with E-state index >= 15 is 0 Å². The van der Waals surface area contributed by atoms with Gasteiger partial charge in [0.15, 0.2) is 0 Å². The van der Waals surface area contributed by atoms with Crippen LogP contribution in [0.1, 0.15) is 16.8 Å². The third-order valence-electron chi connectivity index (χ3n) is 3.33. The fraction of sp³-hybridized carbons (Fsp3) is 0.333. The molecule has 21 heavy (non-hydrogen) atoms. The molecule has 1 aliphatic rings. The van der Waals surface area contributed by atoms with Gasteiger partial charge in [-0.2, -0.15) is 0 Å².